The van der Waals surface area contributed by atoms with Gasteiger partial charge in [-0.05, 0) is 279 Å². The number of anilines is 6. The fourth-order valence-corrected chi connectivity index (χ4v) is 20.4. The molecule has 0 amide bonds. The van der Waals surface area contributed by atoms with Crippen molar-refractivity contribution in [1.29, 1.82) is 0 Å². The van der Waals surface area contributed by atoms with Crippen LogP contribution >= 0.6 is 0 Å². The number of hydrogen-bond acceptors (Lipinski definition) is 2. The zero-order valence-electron chi connectivity index (χ0n) is 88.4. The molecule has 0 saturated carbocycles. The monoisotopic (exact) mass is 1670 g/mol. The van der Waals surface area contributed by atoms with E-state index in [1.165, 1.54) is 33.4 Å². The molecule has 2 aliphatic rings. The maximum atomic E-state index is 10.3. The molecule has 5 heteroatoms. The average Bonchev–Trinajstić information content (AvgIpc) is 1.28. The largest absolute Gasteiger partial charge is 0.310 e. The van der Waals surface area contributed by atoms with E-state index in [-0.39, 0.29) is 97.1 Å². The molecule has 4 heterocycles. The van der Waals surface area contributed by atoms with Crippen molar-refractivity contribution in [3.05, 3.63) is 305 Å². The second-order valence-electron chi connectivity index (χ2n) is 47.8. The maximum Gasteiger partial charge on any atom is 0.252 e. The highest BCUT2D eigenvalue weighted by Crippen LogP contribution is 2.56. The van der Waals surface area contributed by atoms with E-state index in [1.54, 1.807) is 0 Å². The van der Waals surface area contributed by atoms with Crippen LogP contribution in [0.3, 0.4) is 0 Å². The van der Waals surface area contributed by atoms with Gasteiger partial charge in [-0.2, -0.15) is 0 Å². The van der Waals surface area contributed by atoms with E-state index in [0.717, 1.165) is 183 Å². The van der Waals surface area contributed by atoms with Crippen LogP contribution in [0.15, 0.2) is 255 Å². The number of rotatable bonds is 15. The Bertz CT molecular complexity index is 6690. The van der Waals surface area contributed by atoms with Crippen LogP contribution in [0.2, 0.25) is 0 Å². The molecule has 0 radical (unpaired) electrons. The standard InChI is InChI=1S/C121H137BN4/c1-113(2,3)70-77-36-32-40-84(56-77)94-60-81(74-117(13,14)15)61-95(85-41-33-37-78(57-85)71-114(4,5)6)111(94)125-106-68-90(123-102-46-30-28-44-92(102)98-66-88(120(22,23)24)48-54-104(98)123)50-52-100(106)122-101-53-51-91(124-103-47-31-29-45-93(103)99-67-89(121(25,26)27)49-55-105(99)124)69-107(101)126(109-65-83(76-119(19,20)21)64-108(125)110(109)122)112-96(86-42-34-38-79(58-86)72-115(7,8)9)62-82(75-118(16,17)18)63-97(112)87-43-35-39-80(59-87)73-116(10,11)12/h28-69H,70-76H2,1-27H3/i28D,29D,30D,31D,44D,45D,46D,47D. The van der Waals surface area contributed by atoms with Gasteiger partial charge < -0.3 is 18.9 Å². The number of hydrogen-bond donors (Lipinski definition) is 0. The van der Waals surface area contributed by atoms with Gasteiger partial charge in [-0.15, -0.1) is 0 Å². The summed E-state index contributed by atoms with van der Waals surface area (Å²) in [6.07, 6.45) is 5.61. The molecule has 15 aromatic rings. The second kappa shape index (κ2) is 31.6. The molecule has 17 rings (SSSR count). The summed E-state index contributed by atoms with van der Waals surface area (Å²) in [6.45, 7) is 61.7. The van der Waals surface area contributed by atoms with Crippen molar-refractivity contribution in [3.63, 3.8) is 0 Å². The minimum Gasteiger partial charge on any atom is -0.310 e. The molecular formula is C121H137BN4. The van der Waals surface area contributed by atoms with Gasteiger partial charge in [-0.25, -0.2) is 0 Å². The van der Waals surface area contributed by atoms with Gasteiger partial charge in [0, 0.05) is 77.9 Å². The molecule has 126 heavy (non-hydrogen) atoms. The number of benzene rings is 13. The third-order valence-corrected chi connectivity index (χ3v) is 25.0. The molecule has 0 spiro atoms. The van der Waals surface area contributed by atoms with E-state index in [1.807, 2.05) is 0 Å². The van der Waals surface area contributed by atoms with Gasteiger partial charge in [0.2, 0.25) is 0 Å². The molecule has 0 aliphatic carbocycles. The Balaban J connectivity index is 1.12. The van der Waals surface area contributed by atoms with E-state index < -0.39 is 6.71 Å². The van der Waals surface area contributed by atoms with Gasteiger partial charge in [0.1, 0.15) is 0 Å². The lowest BCUT2D eigenvalue weighted by molar-refractivity contribution is 0.410. The first-order valence-electron chi connectivity index (χ1n) is 50.2. The molecule has 0 N–H and O–H groups in total. The van der Waals surface area contributed by atoms with Crippen LogP contribution in [-0.4, -0.2) is 15.8 Å². The molecule has 644 valence electrons. The van der Waals surface area contributed by atoms with E-state index in [2.05, 4.69) is 412 Å². The fourth-order valence-electron chi connectivity index (χ4n) is 20.4. The third-order valence-electron chi connectivity index (χ3n) is 25.0. The number of fused-ring (bicyclic) bond motifs is 10. The Labute approximate surface area is 767 Å². The lowest BCUT2D eigenvalue weighted by Crippen LogP contribution is -2.61. The SMILES string of the molecule is [2H]c1c([2H])c([2H])c2c(c1[2H])c1cc(C(C)(C)C)ccc1n2-c1ccc2c(c1)N(c1c(-c3cccc(CC(C)(C)C)c3)cc(CC(C)(C)C)cc1-c1cccc(CC(C)(C)C)c1)c1cc(CC(C)(C)C)cc3c1B2c1ccc(-n2c4ccc(C(C)(C)C)cc4c4c([2H])c([2H])c([2H])c([2H])c42)cc1N3c1c(-c2cccc(CC(C)(C)C)c2)cc(CC(C)(C)C)cc1-c1cccc(CC(C)(C)C)c1. The van der Waals surface area contributed by atoms with Crippen LogP contribution in [0.1, 0.15) is 248 Å². The van der Waals surface area contributed by atoms with Crippen LogP contribution in [0, 0.1) is 37.9 Å². The highest BCUT2D eigenvalue weighted by molar-refractivity contribution is 7.00. The van der Waals surface area contributed by atoms with Crippen molar-refractivity contribution in [1.82, 2.24) is 9.13 Å². The third kappa shape index (κ3) is 17.9. The topological polar surface area (TPSA) is 16.3 Å². The summed E-state index contributed by atoms with van der Waals surface area (Å²) >= 11 is 0. The first-order chi connectivity index (χ1) is 62.3. The summed E-state index contributed by atoms with van der Waals surface area (Å²) in [5.74, 6) is 0. The quantitative estimate of drug-likeness (QED) is 0.0951. The van der Waals surface area contributed by atoms with Gasteiger partial charge in [0.15, 0.2) is 0 Å². The van der Waals surface area contributed by atoms with Gasteiger partial charge in [-0.3, -0.25) is 0 Å². The van der Waals surface area contributed by atoms with Crippen molar-refractivity contribution in [2.45, 2.75) is 243 Å². The van der Waals surface area contributed by atoms with Gasteiger partial charge in [0.05, 0.1) is 44.4 Å². The summed E-state index contributed by atoms with van der Waals surface area (Å²) in [4.78, 5) is 5.32. The summed E-state index contributed by atoms with van der Waals surface area (Å²) in [7, 11) is 0. The Morgan fingerprint density at radius 1 is 0.254 bits per heavy atom. The predicted molar refractivity (Wildman–Crippen MR) is 550 cm³/mol. The van der Waals surface area contributed by atoms with E-state index in [9.17, 15) is 11.0 Å². The van der Waals surface area contributed by atoms with Crippen LogP contribution in [0.4, 0.5) is 34.1 Å². The summed E-state index contributed by atoms with van der Waals surface area (Å²) < 4.78 is 82.9. The summed E-state index contributed by atoms with van der Waals surface area (Å²) in [6, 6.07) is 77.7. The van der Waals surface area contributed by atoms with Crippen molar-refractivity contribution < 1.29 is 11.0 Å². The maximum absolute atomic E-state index is 10.3. The Hall–Kier alpha value is -10.9. The molecule has 2 aromatic heterocycles. The Morgan fingerprint density at radius 3 is 0.833 bits per heavy atom. The van der Waals surface area contributed by atoms with E-state index in [4.69, 9.17) is 0 Å². The first kappa shape index (κ1) is 77.5. The molecule has 2 aliphatic heterocycles. The predicted octanol–water partition coefficient (Wildman–Crippen LogP) is 32.3. The van der Waals surface area contributed by atoms with Crippen LogP contribution in [0.5, 0.6) is 0 Å². The summed E-state index contributed by atoms with van der Waals surface area (Å²) in [5, 5.41) is 2.43. The molecule has 0 saturated heterocycles. The Kier molecular flexibility index (Phi) is 19.4. The van der Waals surface area contributed by atoms with Crippen LogP contribution in [-0.2, 0) is 55.8 Å². The Morgan fingerprint density at radius 2 is 0.540 bits per heavy atom. The molecule has 0 unspecified atom stereocenters. The molecule has 0 fully saturated rings. The van der Waals surface area contributed by atoms with Crippen molar-refractivity contribution in [2.75, 3.05) is 9.80 Å². The molecule has 13 aromatic carbocycles. The zero-order valence-corrected chi connectivity index (χ0v) is 80.4. The average molecular weight is 1670 g/mol. The van der Waals surface area contributed by atoms with Crippen molar-refractivity contribution in [3.8, 4) is 55.9 Å². The normalized spacial score (nSPS) is 14.6. The zero-order chi connectivity index (χ0) is 96.8. The lowest BCUT2D eigenvalue weighted by atomic mass is 9.33. The molecule has 4 nitrogen and oxygen atoms in total. The number of aromatic nitrogens is 2. The van der Waals surface area contributed by atoms with Gasteiger partial charge >= 0.3 is 0 Å². The first-order valence-corrected chi connectivity index (χ1v) is 46.2. The highest BCUT2D eigenvalue weighted by Gasteiger charge is 2.47. The van der Waals surface area contributed by atoms with E-state index in [0.29, 0.717) is 28.2 Å². The minimum absolute atomic E-state index is 0.0465. The van der Waals surface area contributed by atoms with Crippen molar-refractivity contribution >= 4 is 101 Å². The van der Waals surface area contributed by atoms with Gasteiger partial charge in [-0.1, -0.05) is 345 Å². The van der Waals surface area contributed by atoms with Crippen molar-refractivity contribution in [2.24, 2.45) is 37.9 Å². The number of nitrogens with zero attached hydrogens (tertiary/aromatic N) is 4. The minimum atomic E-state index is -0.534. The summed E-state index contributed by atoms with van der Waals surface area (Å²) in [5.41, 5.74) is 30.7. The second-order valence-corrected chi connectivity index (χ2v) is 47.8. The van der Waals surface area contributed by atoms with Gasteiger partial charge in [0.25, 0.3) is 6.71 Å². The van der Waals surface area contributed by atoms with Crippen LogP contribution < -0.4 is 26.2 Å². The molecule has 0 atom stereocenters. The van der Waals surface area contributed by atoms with E-state index >= 15 is 0 Å². The lowest BCUT2D eigenvalue weighted by Gasteiger charge is -2.46. The highest BCUT2D eigenvalue weighted by atomic mass is 15.2. The molecule has 0 bridgehead atoms. The molecular weight excluding hydrogens is 1520 g/mol. The number of para-hydroxylation sites is 2. The smallest absolute Gasteiger partial charge is 0.252 e. The fraction of sp³-hybridized carbons (Fsp3) is 0.355. The van der Waals surface area contributed by atoms with Crippen LogP contribution in [0.25, 0.3) is 99.5 Å².